The number of nitroso groups, excluding NO2 is 1. The van der Waals surface area contributed by atoms with Gasteiger partial charge in [0.15, 0.2) is 12.0 Å². The monoisotopic (exact) mass is 258 g/mol. The maximum atomic E-state index is 10.4. The van der Waals surface area contributed by atoms with Crippen LogP contribution in [0.1, 0.15) is 5.56 Å². The minimum absolute atomic E-state index is 0.0567. The van der Waals surface area contributed by atoms with Gasteiger partial charge in [-0.15, -0.1) is 4.91 Å². The van der Waals surface area contributed by atoms with Crippen molar-refractivity contribution in [1.29, 1.82) is 0 Å². The van der Waals surface area contributed by atoms with Crippen LogP contribution in [0.25, 0.3) is 0 Å². The molecule has 0 aromatic carbocycles. The number of hydrogen-bond donors (Lipinski definition) is 0. The van der Waals surface area contributed by atoms with E-state index in [4.69, 9.17) is 4.74 Å². The van der Waals surface area contributed by atoms with Crippen LogP contribution < -0.4 is 4.74 Å². The number of pyridine rings is 1. The third kappa shape index (κ3) is 2.35. The first kappa shape index (κ1) is 10.8. The first-order valence-corrected chi connectivity index (χ1v) is 4.55. The van der Waals surface area contributed by atoms with Gasteiger partial charge in [-0.1, -0.05) is 0 Å². The number of carbonyl (C=O) groups excluding carboxylic acids is 1. The number of nitrogens with zero attached hydrogens (tertiary/aromatic N) is 2. The number of carbonyl (C=O) groups is 1. The molecular formula is C8H7BrN2O3. The molecule has 0 aliphatic carbocycles. The Kier molecular flexibility index (Phi) is 3.70. The normalized spacial score (nSPS) is 9.57. The first-order chi connectivity index (χ1) is 6.69. The van der Waals surface area contributed by atoms with E-state index in [0.29, 0.717) is 16.5 Å². The van der Waals surface area contributed by atoms with E-state index in [-0.39, 0.29) is 18.2 Å². The molecule has 0 fully saturated rings. The Bertz CT molecular complexity index is 368. The Hall–Kier alpha value is -1.30. The zero-order valence-corrected chi connectivity index (χ0v) is 8.94. The molecule has 0 aliphatic heterocycles. The van der Waals surface area contributed by atoms with E-state index in [1.165, 1.54) is 0 Å². The van der Waals surface area contributed by atoms with E-state index in [1.807, 2.05) is 0 Å². The van der Waals surface area contributed by atoms with Gasteiger partial charge in [0, 0.05) is 0 Å². The molecule has 0 spiro atoms. The third-order valence-electron chi connectivity index (χ3n) is 1.49. The van der Waals surface area contributed by atoms with Gasteiger partial charge >= 0.3 is 0 Å². The molecule has 0 atom stereocenters. The molecule has 1 heterocycles. The molecular weight excluding hydrogens is 252 g/mol. The van der Waals surface area contributed by atoms with Crippen molar-refractivity contribution in [2.75, 3.05) is 6.61 Å². The maximum Gasteiger partial charge on any atom is 0.240 e. The van der Waals surface area contributed by atoms with Gasteiger partial charge in [0.1, 0.15) is 11.2 Å². The number of aryl methyl sites for hydroxylation is 1. The van der Waals surface area contributed by atoms with Crippen LogP contribution in [0.5, 0.6) is 5.75 Å². The Morgan fingerprint density at radius 3 is 3.00 bits per heavy atom. The second kappa shape index (κ2) is 4.80. The lowest BCUT2D eigenvalue weighted by atomic mass is 10.2. The molecule has 0 aliphatic rings. The Morgan fingerprint density at radius 1 is 1.71 bits per heavy atom. The van der Waals surface area contributed by atoms with Crippen molar-refractivity contribution < 1.29 is 9.53 Å². The van der Waals surface area contributed by atoms with Crippen molar-refractivity contribution in [2.24, 2.45) is 5.18 Å². The summed E-state index contributed by atoms with van der Waals surface area (Å²) in [6, 6.07) is 1.68. The average Bonchev–Trinajstić information content (AvgIpc) is 2.15. The van der Waals surface area contributed by atoms with Crippen LogP contribution >= 0.6 is 15.9 Å². The molecule has 6 heteroatoms. The Morgan fingerprint density at radius 2 is 2.43 bits per heavy atom. The summed E-state index contributed by atoms with van der Waals surface area (Å²) in [7, 11) is 0. The summed E-state index contributed by atoms with van der Waals surface area (Å²) >= 11 is 3.12. The van der Waals surface area contributed by atoms with Gasteiger partial charge in [-0.3, -0.25) is 4.79 Å². The van der Waals surface area contributed by atoms with Crippen LogP contribution in [0.15, 0.2) is 15.8 Å². The van der Waals surface area contributed by atoms with Gasteiger partial charge < -0.3 is 4.74 Å². The minimum Gasteiger partial charge on any atom is -0.482 e. The van der Waals surface area contributed by atoms with E-state index in [0.717, 1.165) is 0 Å². The van der Waals surface area contributed by atoms with Crippen LogP contribution in [0.2, 0.25) is 0 Å². The lowest BCUT2D eigenvalue weighted by Crippen LogP contribution is -2.00. The minimum atomic E-state index is -0.118. The number of aromatic nitrogens is 1. The summed E-state index contributed by atoms with van der Waals surface area (Å²) in [5.41, 5.74) is 0.698. The fourth-order valence-electron chi connectivity index (χ4n) is 0.962. The van der Waals surface area contributed by atoms with Crippen molar-refractivity contribution in [3.05, 3.63) is 21.1 Å². The lowest BCUT2D eigenvalue weighted by molar-refractivity contribution is -0.109. The van der Waals surface area contributed by atoms with Crippen LogP contribution in [0, 0.1) is 11.8 Å². The van der Waals surface area contributed by atoms with E-state index >= 15 is 0 Å². The van der Waals surface area contributed by atoms with Gasteiger partial charge in [-0.2, -0.15) is 0 Å². The number of rotatable bonds is 4. The van der Waals surface area contributed by atoms with Gasteiger partial charge in [0.25, 0.3) is 0 Å². The van der Waals surface area contributed by atoms with Crippen molar-refractivity contribution in [1.82, 2.24) is 4.98 Å². The maximum absolute atomic E-state index is 10.4. The second-order valence-corrected chi connectivity index (χ2v) is 3.30. The predicted molar refractivity (Wildman–Crippen MR) is 53.7 cm³/mol. The van der Waals surface area contributed by atoms with Crippen molar-refractivity contribution in [3.8, 4) is 5.75 Å². The SMILES string of the molecule is Cc1cc(Br)nc(N=O)c1OCC=O. The van der Waals surface area contributed by atoms with E-state index in [9.17, 15) is 9.70 Å². The predicted octanol–water partition coefficient (Wildman–Crippen LogP) is 2.13. The summed E-state index contributed by atoms with van der Waals surface area (Å²) in [4.78, 5) is 24.3. The highest BCUT2D eigenvalue weighted by atomic mass is 79.9. The zero-order chi connectivity index (χ0) is 10.6. The molecule has 0 radical (unpaired) electrons. The summed E-state index contributed by atoms with van der Waals surface area (Å²) in [6.07, 6.45) is 0.593. The van der Waals surface area contributed by atoms with E-state index in [2.05, 4.69) is 26.1 Å². The number of halogens is 1. The molecule has 74 valence electrons. The van der Waals surface area contributed by atoms with Gasteiger partial charge in [-0.05, 0) is 39.7 Å². The van der Waals surface area contributed by atoms with Gasteiger partial charge in [-0.25, -0.2) is 4.98 Å². The molecule has 14 heavy (non-hydrogen) atoms. The van der Waals surface area contributed by atoms with Crippen LogP contribution in [0.4, 0.5) is 5.82 Å². The summed E-state index contributed by atoms with van der Waals surface area (Å²) in [5, 5.41) is 2.71. The smallest absolute Gasteiger partial charge is 0.240 e. The molecule has 0 saturated heterocycles. The van der Waals surface area contributed by atoms with Crippen LogP contribution in [0.3, 0.4) is 0 Å². The standard InChI is InChI=1S/C8H7BrN2O3/c1-5-4-6(9)10-8(11-13)7(5)14-3-2-12/h2,4H,3H2,1H3. The lowest BCUT2D eigenvalue weighted by Gasteiger charge is -2.07. The molecule has 0 unspecified atom stereocenters. The molecule has 0 saturated carbocycles. The molecule has 0 amide bonds. The fourth-order valence-corrected chi connectivity index (χ4v) is 1.47. The van der Waals surface area contributed by atoms with Crippen LogP contribution in [-0.4, -0.2) is 17.9 Å². The highest BCUT2D eigenvalue weighted by molar-refractivity contribution is 9.10. The van der Waals surface area contributed by atoms with Crippen LogP contribution in [-0.2, 0) is 4.79 Å². The van der Waals surface area contributed by atoms with Gasteiger partial charge in [0.05, 0.1) is 0 Å². The highest BCUT2D eigenvalue weighted by Gasteiger charge is 2.10. The van der Waals surface area contributed by atoms with E-state index in [1.54, 1.807) is 13.0 Å². The molecule has 1 aromatic rings. The Balaban J connectivity index is 3.11. The quantitative estimate of drug-likeness (QED) is 0.471. The molecule has 5 nitrogen and oxygen atoms in total. The van der Waals surface area contributed by atoms with Crippen molar-refractivity contribution in [3.63, 3.8) is 0 Å². The second-order valence-electron chi connectivity index (χ2n) is 2.48. The Labute approximate surface area is 88.6 Å². The summed E-state index contributed by atoms with van der Waals surface area (Å²) in [5.74, 6) is 0.189. The number of hydrogen-bond acceptors (Lipinski definition) is 5. The molecule has 1 aromatic heterocycles. The highest BCUT2D eigenvalue weighted by Crippen LogP contribution is 2.31. The van der Waals surface area contributed by atoms with E-state index < -0.39 is 0 Å². The summed E-state index contributed by atoms with van der Waals surface area (Å²) in [6.45, 7) is 1.62. The van der Waals surface area contributed by atoms with Crippen molar-refractivity contribution >= 4 is 28.0 Å². The first-order valence-electron chi connectivity index (χ1n) is 3.76. The largest absolute Gasteiger partial charge is 0.482 e. The number of ether oxygens (including phenoxy) is 1. The zero-order valence-electron chi connectivity index (χ0n) is 7.36. The fraction of sp³-hybridized carbons (Fsp3) is 0.250. The third-order valence-corrected chi connectivity index (χ3v) is 1.90. The topological polar surface area (TPSA) is 68.6 Å². The average molecular weight is 259 g/mol. The van der Waals surface area contributed by atoms with Crippen molar-refractivity contribution in [2.45, 2.75) is 6.92 Å². The molecule has 1 rings (SSSR count). The molecule has 0 bridgehead atoms. The van der Waals surface area contributed by atoms with Gasteiger partial charge in [0.2, 0.25) is 5.82 Å². The molecule has 0 N–H and O–H groups in total. The summed E-state index contributed by atoms with van der Waals surface area (Å²) < 4.78 is 5.52. The number of aldehydes is 1.